The number of hydrogen-bond donors (Lipinski definition) is 1. The standard InChI is InChI=1S/C17H19NO2/c1-18-16(12-14-8-4-2-5-9-14)17(19)20-13-15-10-6-3-7-11-15/h2-11,16,18H,12-13H2,1H3. The maximum absolute atomic E-state index is 12.1. The molecule has 2 aromatic carbocycles. The third-order valence-corrected chi connectivity index (χ3v) is 3.14. The summed E-state index contributed by atoms with van der Waals surface area (Å²) < 4.78 is 5.35. The van der Waals surface area contributed by atoms with Gasteiger partial charge in [-0.25, -0.2) is 0 Å². The number of benzene rings is 2. The molecule has 20 heavy (non-hydrogen) atoms. The van der Waals surface area contributed by atoms with Crippen molar-refractivity contribution in [2.24, 2.45) is 0 Å². The van der Waals surface area contributed by atoms with Crippen molar-refractivity contribution in [3.63, 3.8) is 0 Å². The third-order valence-electron chi connectivity index (χ3n) is 3.14. The van der Waals surface area contributed by atoms with E-state index >= 15 is 0 Å². The highest BCUT2D eigenvalue weighted by Gasteiger charge is 2.18. The van der Waals surface area contributed by atoms with Crippen LogP contribution >= 0.6 is 0 Å². The molecule has 0 saturated heterocycles. The summed E-state index contributed by atoms with van der Waals surface area (Å²) >= 11 is 0. The van der Waals surface area contributed by atoms with E-state index in [1.165, 1.54) is 0 Å². The number of carbonyl (C=O) groups is 1. The first-order chi connectivity index (χ1) is 9.79. The Morgan fingerprint density at radius 3 is 2.10 bits per heavy atom. The van der Waals surface area contributed by atoms with Crippen LogP contribution in [0, 0.1) is 0 Å². The summed E-state index contributed by atoms with van der Waals surface area (Å²) in [4.78, 5) is 12.1. The SMILES string of the molecule is CNC(Cc1ccccc1)C(=O)OCc1ccccc1. The number of carbonyl (C=O) groups excluding carboxylic acids is 1. The molecule has 0 radical (unpaired) electrons. The minimum atomic E-state index is -0.318. The average molecular weight is 269 g/mol. The van der Waals surface area contributed by atoms with Gasteiger partial charge in [0.1, 0.15) is 12.6 Å². The van der Waals surface area contributed by atoms with Crippen LogP contribution in [-0.4, -0.2) is 19.1 Å². The fourth-order valence-corrected chi connectivity index (χ4v) is 1.98. The van der Waals surface area contributed by atoms with Gasteiger partial charge in [-0.2, -0.15) is 0 Å². The molecule has 104 valence electrons. The first-order valence-corrected chi connectivity index (χ1v) is 6.71. The van der Waals surface area contributed by atoms with E-state index in [0.29, 0.717) is 13.0 Å². The molecule has 0 saturated carbocycles. The van der Waals surface area contributed by atoms with Gasteiger partial charge in [-0.3, -0.25) is 4.79 Å². The van der Waals surface area contributed by atoms with E-state index in [1.54, 1.807) is 7.05 Å². The van der Waals surface area contributed by atoms with E-state index in [9.17, 15) is 4.79 Å². The van der Waals surface area contributed by atoms with Crippen molar-refractivity contribution in [2.45, 2.75) is 19.1 Å². The number of rotatable bonds is 6. The Balaban J connectivity index is 1.89. The molecule has 0 aromatic heterocycles. The third kappa shape index (κ3) is 4.21. The number of hydrogen-bond acceptors (Lipinski definition) is 3. The lowest BCUT2D eigenvalue weighted by Crippen LogP contribution is -2.37. The van der Waals surface area contributed by atoms with E-state index in [4.69, 9.17) is 4.74 Å². The number of nitrogens with one attached hydrogen (secondary N) is 1. The smallest absolute Gasteiger partial charge is 0.323 e. The Bertz CT molecular complexity index is 525. The maximum atomic E-state index is 12.1. The maximum Gasteiger partial charge on any atom is 0.323 e. The Morgan fingerprint density at radius 2 is 1.55 bits per heavy atom. The molecule has 2 rings (SSSR count). The molecule has 0 aliphatic rings. The van der Waals surface area contributed by atoms with Gasteiger partial charge in [0.2, 0.25) is 0 Å². The van der Waals surface area contributed by atoms with Gasteiger partial charge >= 0.3 is 5.97 Å². The van der Waals surface area contributed by atoms with Gasteiger partial charge in [0.15, 0.2) is 0 Å². The summed E-state index contributed by atoms with van der Waals surface area (Å²) in [5.41, 5.74) is 2.11. The molecule has 2 aromatic rings. The molecule has 1 atom stereocenters. The van der Waals surface area contributed by atoms with Crippen molar-refractivity contribution in [1.82, 2.24) is 5.32 Å². The summed E-state index contributed by atoms with van der Waals surface area (Å²) in [5.74, 6) is -0.222. The largest absolute Gasteiger partial charge is 0.460 e. The Morgan fingerprint density at radius 1 is 1.00 bits per heavy atom. The van der Waals surface area contributed by atoms with Gasteiger partial charge in [-0.1, -0.05) is 60.7 Å². The molecular weight excluding hydrogens is 250 g/mol. The molecule has 1 unspecified atom stereocenters. The minimum absolute atomic E-state index is 0.222. The van der Waals surface area contributed by atoms with Crippen LogP contribution in [0.15, 0.2) is 60.7 Å². The van der Waals surface area contributed by atoms with Crippen molar-refractivity contribution in [2.75, 3.05) is 7.05 Å². The molecule has 0 fully saturated rings. The normalized spacial score (nSPS) is 11.8. The lowest BCUT2D eigenvalue weighted by molar-refractivity contribution is -0.147. The summed E-state index contributed by atoms with van der Waals surface area (Å²) in [7, 11) is 1.78. The van der Waals surface area contributed by atoms with Crippen LogP contribution in [0.4, 0.5) is 0 Å². The molecular formula is C17H19NO2. The van der Waals surface area contributed by atoms with Crippen LogP contribution in [0.2, 0.25) is 0 Å². The van der Waals surface area contributed by atoms with Crippen molar-refractivity contribution in [1.29, 1.82) is 0 Å². The molecule has 0 aliphatic heterocycles. The second kappa shape index (κ2) is 7.46. The van der Waals surface area contributed by atoms with Crippen LogP contribution in [0.3, 0.4) is 0 Å². The molecule has 3 nitrogen and oxygen atoms in total. The van der Waals surface area contributed by atoms with Crippen molar-refractivity contribution in [3.8, 4) is 0 Å². The fourth-order valence-electron chi connectivity index (χ4n) is 1.98. The predicted molar refractivity (Wildman–Crippen MR) is 79.2 cm³/mol. The molecule has 3 heteroatoms. The molecule has 0 heterocycles. The van der Waals surface area contributed by atoms with Gasteiger partial charge in [0, 0.05) is 0 Å². The van der Waals surface area contributed by atoms with E-state index in [2.05, 4.69) is 5.32 Å². The highest BCUT2D eigenvalue weighted by molar-refractivity contribution is 5.76. The zero-order chi connectivity index (χ0) is 14.2. The Labute approximate surface area is 119 Å². The molecule has 0 spiro atoms. The van der Waals surface area contributed by atoms with Crippen LogP contribution in [0.5, 0.6) is 0 Å². The Kier molecular flexibility index (Phi) is 5.33. The van der Waals surface area contributed by atoms with Gasteiger partial charge < -0.3 is 10.1 Å². The number of esters is 1. The van der Waals surface area contributed by atoms with Gasteiger partial charge in [0.05, 0.1) is 0 Å². The van der Waals surface area contributed by atoms with Gasteiger partial charge in [0.25, 0.3) is 0 Å². The van der Waals surface area contributed by atoms with Crippen molar-refractivity contribution >= 4 is 5.97 Å². The zero-order valence-corrected chi connectivity index (χ0v) is 11.6. The highest BCUT2D eigenvalue weighted by Crippen LogP contribution is 2.06. The van der Waals surface area contributed by atoms with E-state index in [0.717, 1.165) is 11.1 Å². The number of ether oxygens (including phenoxy) is 1. The second-order valence-corrected chi connectivity index (χ2v) is 4.62. The lowest BCUT2D eigenvalue weighted by atomic mass is 10.1. The Hall–Kier alpha value is -2.13. The van der Waals surface area contributed by atoms with E-state index in [-0.39, 0.29) is 12.0 Å². The first-order valence-electron chi connectivity index (χ1n) is 6.71. The van der Waals surface area contributed by atoms with Gasteiger partial charge in [-0.05, 0) is 24.6 Å². The van der Waals surface area contributed by atoms with Crippen molar-refractivity contribution < 1.29 is 9.53 Å². The van der Waals surface area contributed by atoms with Crippen LogP contribution in [0.25, 0.3) is 0 Å². The minimum Gasteiger partial charge on any atom is -0.460 e. The summed E-state index contributed by atoms with van der Waals surface area (Å²) in [6.07, 6.45) is 0.630. The molecule has 1 N–H and O–H groups in total. The predicted octanol–water partition coefficient (Wildman–Crippen LogP) is 2.56. The molecule has 0 amide bonds. The monoisotopic (exact) mass is 269 g/mol. The topological polar surface area (TPSA) is 38.3 Å². The summed E-state index contributed by atoms with van der Waals surface area (Å²) in [5, 5.41) is 3.01. The summed E-state index contributed by atoms with van der Waals surface area (Å²) in [6, 6.07) is 19.3. The summed E-state index contributed by atoms with van der Waals surface area (Å²) in [6.45, 7) is 0.312. The second-order valence-electron chi connectivity index (χ2n) is 4.62. The molecule has 0 aliphatic carbocycles. The lowest BCUT2D eigenvalue weighted by Gasteiger charge is -2.15. The molecule has 0 bridgehead atoms. The zero-order valence-electron chi connectivity index (χ0n) is 11.6. The van der Waals surface area contributed by atoms with E-state index < -0.39 is 0 Å². The fraction of sp³-hybridized carbons (Fsp3) is 0.235. The van der Waals surface area contributed by atoms with Crippen LogP contribution < -0.4 is 5.32 Å². The highest BCUT2D eigenvalue weighted by atomic mass is 16.5. The number of likely N-dealkylation sites (N-methyl/N-ethyl adjacent to an activating group) is 1. The van der Waals surface area contributed by atoms with E-state index in [1.807, 2.05) is 60.7 Å². The van der Waals surface area contributed by atoms with Crippen LogP contribution in [-0.2, 0) is 22.6 Å². The first kappa shape index (κ1) is 14.3. The van der Waals surface area contributed by atoms with Crippen molar-refractivity contribution in [3.05, 3.63) is 71.8 Å². The quantitative estimate of drug-likeness (QED) is 0.819. The van der Waals surface area contributed by atoms with Crippen LogP contribution in [0.1, 0.15) is 11.1 Å². The van der Waals surface area contributed by atoms with Gasteiger partial charge in [-0.15, -0.1) is 0 Å². The average Bonchev–Trinajstić information content (AvgIpc) is 2.52.